The zero-order chi connectivity index (χ0) is 20.8. The van der Waals surface area contributed by atoms with E-state index in [1.807, 2.05) is 61.5 Å². The van der Waals surface area contributed by atoms with Crippen LogP contribution in [0.3, 0.4) is 0 Å². The minimum Gasteiger partial charge on any atom is -0.497 e. The molecule has 0 aliphatic rings. The van der Waals surface area contributed by atoms with Crippen molar-refractivity contribution in [3.8, 4) is 28.6 Å². The monoisotopic (exact) mass is 418 g/mol. The van der Waals surface area contributed by atoms with Gasteiger partial charge in [0.1, 0.15) is 11.5 Å². The smallest absolute Gasteiger partial charge is 0.196 e. The van der Waals surface area contributed by atoms with E-state index in [1.165, 1.54) is 0 Å². The standard InChI is InChI=1S/C23H22N4O2S/c1-3-29-20-9-7-19(8-10-20)27-22(18-11-13-24-14-12-18)25-26-23(27)30-16-17-5-4-6-21(15-17)28-2/h4-15H,3,16H2,1-2H3. The normalized spacial score (nSPS) is 10.7. The summed E-state index contributed by atoms with van der Waals surface area (Å²) in [6.45, 7) is 2.61. The Balaban J connectivity index is 1.68. The van der Waals surface area contributed by atoms with Crippen LogP contribution in [0.15, 0.2) is 78.2 Å². The third kappa shape index (κ3) is 4.46. The number of pyridine rings is 1. The van der Waals surface area contributed by atoms with Crippen LogP contribution in [0.5, 0.6) is 11.5 Å². The number of aromatic nitrogens is 4. The number of benzene rings is 2. The van der Waals surface area contributed by atoms with Crippen LogP contribution in [-0.4, -0.2) is 33.5 Å². The van der Waals surface area contributed by atoms with E-state index < -0.39 is 0 Å². The minimum atomic E-state index is 0.635. The van der Waals surface area contributed by atoms with Crippen LogP contribution in [0.25, 0.3) is 17.1 Å². The Hall–Kier alpha value is -3.32. The molecular formula is C23H22N4O2S. The lowest BCUT2D eigenvalue weighted by atomic mass is 10.2. The summed E-state index contributed by atoms with van der Waals surface area (Å²) in [5, 5.41) is 9.77. The largest absolute Gasteiger partial charge is 0.497 e. The number of nitrogens with zero attached hydrogens (tertiary/aromatic N) is 4. The molecule has 6 nitrogen and oxygen atoms in total. The quantitative estimate of drug-likeness (QED) is 0.374. The lowest BCUT2D eigenvalue weighted by molar-refractivity contribution is 0.340. The van der Waals surface area contributed by atoms with Crippen molar-refractivity contribution in [2.24, 2.45) is 0 Å². The maximum atomic E-state index is 5.58. The predicted octanol–water partition coefficient (Wildman–Crippen LogP) is 5.03. The first-order chi connectivity index (χ1) is 14.8. The summed E-state index contributed by atoms with van der Waals surface area (Å²) in [5.74, 6) is 3.21. The van der Waals surface area contributed by atoms with Crippen molar-refractivity contribution in [3.05, 3.63) is 78.6 Å². The zero-order valence-electron chi connectivity index (χ0n) is 16.9. The number of hydrogen-bond donors (Lipinski definition) is 0. The molecule has 4 aromatic rings. The third-order valence-electron chi connectivity index (χ3n) is 4.48. The van der Waals surface area contributed by atoms with Crippen molar-refractivity contribution in [1.29, 1.82) is 0 Å². The van der Waals surface area contributed by atoms with Crippen molar-refractivity contribution in [1.82, 2.24) is 19.7 Å². The van der Waals surface area contributed by atoms with Crippen LogP contribution < -0.4 is 9.47 Å². The number of hydrogen-bond acceptors (Lipinski definition) is 6. The SMILES string of the molecule is CCOc1ccc(-n2c(SCc3cccc(OC)c3)nnc2-c2ccncc2)cc1. The van der Waals surface area contributed by atoms with E-state index in [2.05, 4.69) is 25.8 Å². The molecule has 2 aromatic carbocycles. The van der Waals surface area contributed by atoms with Gasteiger partial charge in [-0.1, -0.05) is 23.9 Å². The van der Waals surface area contributed by atoms with Crippen molar-refractivity contribution >= 4 is 11.8 Å². The molecule has 0 saturated heterocycles. The molecule has 2 heterocycles. The second-order valence-corrected chi connectivity index (χ2v) is 7.39. The highest BCUT2D eigenvalue weighted by molar-refractivity contribution is 7.98. The molecule has 0 amide bonds. The molecule has 0 aliphatic carbocycles. The first-order valence-electron chi connectivity index (χ1n) is 9.63. The third-order valence-corrected chi connectivity index (χ3v) is 5.48. The van der Waals surface area contributed by atoms with Gasteiger partial charge in [-0.05, 0) is 61.0 Å². The van der Waals surface area contributed by atoms with Crippen LogP contribution in [0.1, 0.15) is 12.5 Å². The Kier molecular flexibility index (Phi) is 6.29. The number of ether oxygens (including phenoxy) is 2. The molecule has 7 heteroatoms. The van der Waals surface area contributed by atoms with Gasteiger partial charge in [0.2, 0.25) is 0 Å². The summed E-state index contributed by atoms with van der Waals surface area (Å²) in [6.07, 6.45) is 3.52. The topological polar surface area (TPSA) is 62.1 Å². The molecule has 0 radical (unpaired) electrons. The van der Waals surface area contributed by atoms with Gasteiger partial charge in [-0.25, -0.2) is 0 Å². The highest BCUT2D eigenvalue weighted by Gasteiger charge is 2.16. The van der Waals surface area contributed by atoms with Crippen molar-refractivity contribution in [2.75, 3.05) is 13.7 Å². The van der Waals surface area contributed by atoms with Gasteiger partial charge in [0.15, 0.2) is 11.0 Å². The molecule has 30 heavy (non-hydrogen) atoms. The van der Waals surface area contributed by atoms with Gasteiger partial charge in [0.25, 0.3) is 0 Å². The zero-order valence-corrected chi connectivity index (χ0v) is 17.7. The fourth-order valence-corrected chi connectivity index (χ4v) is 3.95. The van der Waals surface area contributed by atoms with Crippen LogP contribution in [-0.2, 0) is 5.75 Å². The first kappa shape index (κ1) is 20.0. The Morgan fingerprint density at radius 1 is 0.933 bits per heavy atom. The molecule has 0 unspecified atom stereocenters. The number of rotatable bonds is 8. The van der Waals surface area contributed by atoms with Gasteiger partial charge in [0.05, 0.1) is 13.7 Å². The van der Waals surface area contributed by atoms with E-state index in [0.717, 1.165) is 45.0 Å². The fourth-order valence-electron chi connectivity index (χ4n) is 3.05. The van der Waals surface area contributed by atoms with E-state index in [-0.39, 0.29) is 0 Å². The van der Waals surface area contributed by atoms with Gasteiger partial charge >= 0.3 is 0 Å². The average Bonchev–Trinajstić information content (AvgIpc) is 3.23. The summed E-state index contributed by atoms with van der Waals surface area (Å²) >= 11 is 1.63. The Labute approximate surface area is 179 Å². The molecule has 0 saturated carbocycles. The summed E-state index contributed by atoms with van der Waals surface area (Å²) < 4.78 is 13.0. The molecule has 0 spiro atoms. The van der Waals surface area contributed by atoms with E-state index in [9.17, 15) is 0 Å². The van der Waals surface area contributed by atoms with Gasteiger partial charge < -0.3 is 9.47 Å². The fraction of sp³-hybridized carbons (Fsp3) is 0.174. The number of thioether (sulfide) groups is 1. The van der Waals surface area contributed by atoms with Crippen molar-refractivity contribution in [3.63, 3.8) is 0 Å². The second-order valence-electron chi connectivity index (χ2n) is 6.44. The van der Waals surface area contributed by atoms with Crippen LogP contribution in [0, 0.1) is 0 Å². The van der Waals surface area contributed by atoms with E-state index >= 15 is 0 Å². The molecule has 0 atom stereocenters. The molecular weight excluding hydrogens is 396 g/mol. The number of methoxy groups -OCH3 is 1. The maximum absolute atomic E-state index is 5.58. The predicted molar refractivity (Wildman–Crippen MR) is 118 cm³/mol. The molecule has 0 bridgehead atoms. The van der Waals surface area contributed by atoms with E-state index in [4.69, 9.17) is 9.47 Å². The lowest BCUT2D eigenvalue weighted by Crippen LogP contribution is -2.00. The summed E-state index contributed by atoms with van der Waals surface area (Å²) in [7, 11) is 1.68. The molecule has 4 rings (SSSR count). The minimum absolute atomic E-state index is 0.635. The molecule has 2 aromatic heterocycles. The average molecular weight is 419 g/mol. The maximum Gasteiger partial charge on any atom is 0.196 e. The summed E-state index contributed by atoms with van der Waals surface area (Å²) in [6, 6.07) is 19.9. The van der Waals surface area contributed by atoms with Crippen LogP contribution in [0.2, 0.25) is 0 Å². The first-order valence-corrected chi connectivity index (χ1v) is 10.6. The highest BCUT2D eigenvalue weighted by atomic mass is 32.2. The van der Waals surface area contributed by atoms with Gasteiger partial charge in [-0.15, -0.1) is 10.2 Å². The second kappa shape index (κ2) is 9.45. The van der Waals surface area contributed by atoms with Crippen molar-refractivity contribution < 1.29 is 9.47 Å². The van der Waals surface area contributed by atoms with Gasteiger partial charge in [0, 0.05) is 29.4 Å². The lowest BCUT2D eigenvalue weighted by Gasteiger charge is -2.11. The highest BCUT2D eigenvalue weighted by Crippen LogP contribution is 2.30. The van der Waals surface area contributed by atoms with E-state index in [0.29, 0.717) is 6.61 Å². The Morgan fingerprint density at radius 3 is 2.47 bits per heavy atom. The summed E-state index contributed by atoms with van der Waals surface area (Å²) in [5.41, 5.74) is 3.09. The molecule has 0 fully saturated rings. The van der Waals surface area contributed by atoms with Crippen molar-refractivity contribution in [2.45, 2.75) is 17.8 Å². The van der Waals surface area contributed by atoms with Crippen LogP contribution in [0.4, 0.5) is 0 Å². The summed E-state index contributed by atoms with van der Waals surface area (Å²) in [4.78, 5) is 4.11. The van der Waals surface area contributed by atoms with Gasteiger partial charge in [-0.2, -0.15) is 0 Å². The van der Waals surface area contributed by atoms with E-state index in [1.54, 1.807) is 31.3 Å². The van der Waals surface area contributed by atoms with Gasteiger partial charge in [-0.3, -0.25) is 9.55 Å². The molecule has 152 valence electrons. The molecule has 0 aliphatic heterocycles. The Bertz CT molecular complexity index is 1100. The Morgan fingerprint density at radius 2 is 1.73 bits per heavy atom. The van der Waals surface area contributed by atoms with Crippen LogP contribution >= 0.6 is 11.8 Å². The molecule has 0 N–H and O–H groups in total.